The average Bonchev–Trinajstić information content (AvgIpc) is 0.771. The van der Waals surface area contributed by atoms with E-state index in [4.69, 9.17) is 56.8 Å². The lowest BCUT2D eigenvalue weighted by molar-refractivity contribution is -0.368. The number of carbonyl (C=O) groups is 5. The molecule has 6 saturated heterocycles. The van der Waals surface area contributed by atoms with Gasteiger partial charge in [-0.3, -0.25) is 24.0 Å². The SMILES string of the molecule is CCCCCCCCCCCOc1cccc(C(=O)N[C@H]2C(O)[C@H](O)C(CO)O[C@H]2O[C@H]2C(O)C(NC(C)=O)C(OC3C(CO)O[C@@H](O[C@H]4C(O)C(NC(C)=O)C(OC5C(CO[C@@H]6OC(C)C(O)[C@H](O)[C@H]6O)O[C@@H](O)[C@@H](NC(C)=O)[C@H]5O)O[C@H]4CO)[C@@H](NC(C)=O)[C@H]3O)O[C@H]2CO)c1. The summed E-state index contributed by atoms with van der Waals surface area (Å²) in [5.41, 5.74) is 0.0594. The largest absolute Gasteiger partial charge is 0.494 e. The summed E-state index contributed by atoms with van der Waals surface area (Å²) in [5.74, 6) is -3.68. The number of carbonyl (C=O) groups excluding carboxylic acids is 5. The molecular weight excluding hydrogens is 1310 g/mol. The van der Waals surface area contributed by atoms with Gasteiger partial charge in [-0.1, -0.05) is 64.4 Å². The topological polar surface area (TPSA) is 539 Å². The number of aliphatic hydroxyl groups excluding tert-OH is 14. The number of rotatable bonds is 32. The minimum absolute atomic E-state index is 0.0594. The minimum Gasteiger partial charge on any atom is -0.494 e. The summed E-state index contributed by atoms with van der Waals surface area (Å²) in [6.07, 6.45) is -34.9. The molecular formula is C62H101N5O31. The maximum absolute atomic E-state index is 14.0. The number of nitrogens with one attached hydrogen (secondary N) is 5. The molecule has 0 aliphatic carbocycles. The molecule has 98 heavy (non-hydrogen) atoms. The van der Waals surface area contributed by atoms with Gasteiger partial charge in [-0.2, -0.15) is 0 Å². The molecule has 6 fully saturated rings. The first kappa shape index (κ1) is 80.7. The molecule has 6 aliphatic heterocycles. The van der Waals surface area contributed by atoms with Crippen LogP contribution in [0.15, 0.2) is 24.3 Å². The smallest absolute Gasteiger partial charge is 0.251 e. The van der Waals surface area contributed by atoms with Gasteiger partial charge in [0.15, 0.2) is 37.7 Å². The van der Waals surface area contributed by atoms with Crippen LogP contribution in [-0.2, 0) is 71.3 Å². The van der Waals surface area contributed by atoms with Crippen molar-refractivity contribution in [1.82, 2.24) is 26.6 Å². The van der Waals surface area contributed by atoms with Crippen LogP contribution < -0.4 is 31.3 Å². The van der Waals surface area contributed by atoms with Crippen LogP contribution >= 0.6 is 0 Å². The average molecular weight is 1410 g/mol. The third-order valence-corrected chi connectivity index (χ3v) is 17.9. The fraction of sp³-hybridized carbons (Fsp3) is 0.823. The summed E-state index contributed by atoms with van der Waals surface area (Å²) >= 11 is 0. The Kier molecular flexibility index (Phi) is 31.3. The molecule has 6 aliphatic rings. The van der Waals surface area contributed by atoms with Crippen molar-refractivity contribution in [3.8, 4) is 5.75 Å². The van der Waals surface area contributed by atoms with Crippen LogP contribution in [0.25, 0.3) is 0 Å². The van der Waals surface area contributed by atoms with Crippen LogP contribution in [-0.4, -0.2) is 325 Å². The van der Waals surface area contributed by atoms with Crippen molar-refractivity contribution in [3.05, 3.63) is 29.8 Å². The van der Waals surface area contributed by atoms with Gasteiger partial charge in [0.25, 0.3) is 5.91 Å². The molecule has 36 nitrogen and oxygen atoms in total. The number of hydrogen-bond acceptors (Lipinski definition) is 31. The lowest BCUT2D eigenvalue weighted by Crippen LogP contribution is -2.72. The molecule has 14 unspecified atom stereocenters. The Morgan fingerprint density at radius 1 is 0.418 bits per heavy atom. The maximum Gasteiger partial charge on any atom is 0.251 e. The standard InChI is InChI=1S/C62H101N5O31/c1-7-8-9-10-11-12-13-14-15-19-87-32-18-16-17-31(20-32)56(85)67-39-45(78)44(77)33(21-68)91-58(39)95-52-34(22-69)92-59(40(47(52)80)64-28(4)73)96-53-35(23-70)93-60(41(48(53)81)65-29(5)74)97-54-36(24-71)94-61(42(49(54)82)66-30(6)75)98-55-37(90-57(86)38(46(55)79)63-27(3)72)25-88-62-51(84)50(83)43(76)26(2)89-62/h16-18,20,26,33-55,57-62,68-71,76-84,86H,7-15,19,21-25H2,1-6H3,(H,63,72)(H,64,73)(H,65,74)(H,66,75)(H,67,85)/t26?,33?,34-,35?,36-,37?,38-,39-,40?,41-,42?,43?,44+,45?,46+,47?,48+,49?,50-,51+,52+,53?,54+,55?,57+,58-,59?,60-,61?,62+/m0/s1. The fourth-order valence-electron chi connectivity index (χ4n) is 12.7. The highest BCUT2D eigenvalue weighted by Crippen LogP contribution is 2.37. The monoisotopic (exact) mass is 1410 g/mol. The first-order valence-corrected chi connectivity index (χ1v) is 33.2. The highest BCUT2D eigenvalue weighted by Gasteiger charge is 2.58. The normalized spacial score (nSPS) is 39.8. The zero-order chi connectivity index (χ0) is 71.8. The quantitative estimate of drug-likeness (QED) is 0.0298. The van der Waals surface area contributed by atoms with E-state index in [9.17, 15) is 95.5 Å². The van der Waals surface area contributed by atoms with E-state index in [0.717, 1.165) is 53.4 Å². The lowest BCUT2D eigenvalue weighted by Gasteiger charge is -2.51. The molecule has 30 atom stereocenters. The summed E-state index contributed by atoms with van der Waals surface area (Å²) in [7, 11) is 0. The summed E-state index contributed by atoms with van der Waals surface area (Å²) in [4.78, 5) is 65.0. The van der Waals surface area contributed by atoms with Crippen molar-refractivity contribution >= 4 is 29.5 Å². The van der Waals surface area contributed by atoms with Gasteiger partial charge in [0.05, 0.1) is 45.7 Å². The van der Waals surface area contributed by atoms with E-state index in [-0.39, 0.29) is 5.56 Å². The summed E-state index contributed by atoms with van der Waals surface area (Å²) in [6, 6.07) is -2.45. The molecule has 6 heterocycles. The third kappa shape index (κ3) is 20.6. The fourth-order valence-corrected chi connectivity index (χ4v) is 12.7. The van der Waals surface area contributed by atoms with Gasteiger partial charge in [-0.15, -0.1) is 0 Å². The molecule has 0 aromatic heterocycles. The van der Waals surface area contributed by atoms with Crippen LogP contribution in [0.5, 0.6) is 5.75 Å². The second-order valence-corrected chi connectivity index (χ2v) is 25.4. The predicted molar refractivity (Wildman–Crippen MR) is 329 cm³/mol. The number of benzene rings is 1. The first-order valence-electron chi connectivity index (χ1n) is 33.2. The summed E-state index contributed by atoms with van der Waals surface area (Å²) in [6.45, 7) is 3.38. The van der Waals surface area contributed by atoms with Gasteiger partial charge in [-0.05, 0) is 31.5 Å². The Hall–Kier alpha value is -4.63. The van der Waals surface area contributed by atoms with Crippen molar-refractivity contribution in [2.24, 2.45) is 0 Å². The minimum atomic E-state index is -2.07. The summed E-state index contributed by atoms with van der Waals surface area (Å²) < 4.78 is 72.0. The van der Waals surface area contributed by atoms with Gasteiger partial charge in [-0.25, -0.2) is 0 Å². The van der Waals surface area contributed by atoms with Gasteiger partial charge in [0.2, 0.25) is 23.6 Å². The molecule has 1 aromatic carbocycles. The Morgan fingerprint density at radius 2 is 0.816 bits per heavy atom. The highest BCUT2D eigenvalue weighted by atomic mass is 16.8. The van der Waals surface area contributed by atoms with Crippen molar-refractivity contribution < 1.29 is 152 Å². The van der Waals surface area contributed by atoms with Crippen molar-refractivity contribution in [2.45, 2.75) is 283 Å². The van der Waals surface area contributed by atoms with Gasteiger partial charge in [0.1, 0.15) is 146 Å². The van der Waals surface area contributed by atoms with Crippen molar-refractivity contribution in [2.75, 3.05) is 39.6 Å². The number of unbranched alkanes of at least 4 members (excludes halogenated alkanes) is 8. The second kappa shape index (κ2) is 38.0. The number of hydrogen-bond donors (Lipinski definition) is 19. The predicted octanol–water partition coefficient (Wildman–Crippen LogP) is -7.15. The van der Waals surface area contributed by atoms with E-state index in [1.165, 1.54) is 51.2 Å². The third-order valence-electron chi connectivity index (χ3n) is 17.9. The molecule has 0 radical (unpaired) electrons. The Balaban J connectivity index is 1.07. The molecule has 36 heteroatoms. The molecule has 0 saturated carbocycles. The van der Waals surface area contributed by atoms with Crippen molar-refractivity contribution in [3.63, 3.8) is 0 Å². The van der Waals surface area contributed by atoms with Gasteiger partial charge in [0, 0.05) is 33.3 Å². The molecule has 5 amide bonds. The van der Waals surface area contributed by atoms with Crippen molar-refractivity contribution in [1.29, 1.82) is 0 Å². The van der Waals surface area contributed by atoms with Gasteiger partial charge < -0.3 is 155 Å². The molecule has 0 spiro atoms. The molecule has 560 valence electrons. The Labute approximate surface area is 565 Å². The van der Waals surface area contributed by atoms with Crippen LogP contribution in [0.1, 0.15) is 110 Å². The van der Waals surface area contributed by atoms with Crippen LogP contribution in [0.3, 0.4) is 0 Å². The number of amides is 5. The summed E-state index contributed by atoms with van der Waals surface area (Å²) in [5, 5.41) is 168. The second-order valence-electron chi connectivity index (χ2n) is 25.4. The van der Waals surface area contributed by atoms with E-state index in [0.29, 0.717) is 12.4 Å². The zero-order valence-corrected chi connectivity index (χ0v) is 55.4. The molecule has 7 rings (SSSR count). The highest BCUT2D eigenvalue weighted by molar-refractivity contribution is 5.94. The molecule has 1 aromatic rings. The van der Waals surface area contributed by atoms with E-state index in [2.05, 4.69) is 33.5 Å². The van der Waals surface area contributed by atoms with E-state index >= 15 is 0 Å². The lowest BCUT2D eigenvalue weighted by atomic mass is 9.93. The van der Waals surface area contributed by atoms with E-state index < -0.39 is 246 Å². The Bertz CT molecular complexity index is 2660. The van der Waals surface area contributed by atoms with Gasteiger partial charge >= 0.3 is 0 Å². The molecule has 0 bridgehead atoms. The molecule has 19 N–H and O–H groups in total. The van der Waals surface area contributed by atoms with E-state index in [1.54, 1.807) is 12.1 Å². The van der Waals surface area contributed by atoms with Crippen LogP contribution in [0, 0.1) is 0 Å². The van der Waals surface area contributed by atoms with E-state index in [1.807, 2.05) is 0 Å². The maximum atomic E-state index is 14.0. The first-order chi connectivity index (χ1) is 46.7. The van der Waals surface area contributed by atoms with Crippen LogP contribution in [0.4, 0.5) is 0 Å². The Morgan fingerprint density at radius 3 is 1.26 bits per heavy atom. The van der Waals surface area contributed by atoms with Crippen LogP contribution in [0.2, 0.25) is 0 Å². The zero-order valence-electron chi connectivity index (χ0n) is 55.4. The number of ether oxygens (including phenoxy) is 12. The number of aliphatic hydroxyl groups is 14.